The molecule has 0 bridgehead atoms. The summed E-state index contributed by atoms with van der Waals surface area (Å²) in [7, 11) is 1.76. The summed E-state index contributed by atoms with van der Waals surface area (Å²) in [6, 6.07) is 16.3. The highest BCUT2D eigenvalue weighted by atomic mass is 16.5. The van der Waals surface area contributed by atoms with E-state index in [0.717, 1.165) is 11.1 Å². The van der Waals surface area contributed by atoms with Crippen molar-refractivity contribution in [1.29, 1.82) is 0 Å². The van der Waals surface area contributed by atoms with Gasteiger partial charge in [0.25, 0.3) is 5.56 Å². The van der Waals surface area contributed by atoms with E-state index >= 15 is 0 Å². The zero-order valence-electron chi connectivity index (χ0n) is 16.4. The first-order valence-electron chi connectivity index (χ1n) is 9.47. The summed E-state index contributed by atoms with van der Waals surface area (Å²) in [5.41, 5.74) is 2.44. The van der Waals surface area contributed by atoms with Gasteiger partial charge in [0, 0.05) is 49.9 Å². The molecule has 0 aliphatic carbocycles. The Hall–Kier alpha value is -4.00. The third-order valence-corrected chi connectivity index (χ3v) is 4.69. The first-order valence-corrected chi connectivity index (χ1v) is 9.47. The number of esters is 1. The van der Waals surface area contributed by atoms with Crippen LogP contribution in [0, 0.1) is 0 Å². The summed E-state index contributed by atoms with van der Waals surface area (Å²) in [6.07, 6.45) is 8.11. The van der Waals surface area contributed by atoms with Crippen LogP contribution < -0.4 is 5.56 Å². The quantitative estimate of drug-likeness (QED) is 0.465. The summed E-state index contributed by atoms with van der Waals surface area (Å²) in [4.78, 5) is 29.3. The van der Waals surface area contributed by atoms with Gasteiger partial charge in [0.2, 0.25) is 0 Å². The van der Waals surface area contributed by atoms with Crippen LogP contribution >= 0.6 is 0 Å². The van der Waals surface area contributed by atoms with Crippen LogP contribution in [0.5, 0.6) is 0 Å². The maximum Gasteiger partial charge on any atom is 0.340 e. The molecule has 0 aliphatic heterocycles. The van der Waals surface area contributed by atoms with E-state index in [9.17, 15) is 9.59 Å². The highest BCUT2D eigenvalue weighted by Crippen LogP contribution is 2.23. The minimum atomic E-state index is -0.516. The molecule has 0 radical (unpaired) electrons. The molecule has 1 unspecified atom stereocenters. The Morgan fingerprint density at radius 3 is 2.57 bits per heavy atom. The van der Waals surface area contributed by atoms with Gasteiger partial charge in [-0.05, 0) is 17.7 Å². The number of benzene rings is 1. The first-order chi connectivity index (χ1) is 14.6. The molecule has 1 atom stereocenters. The average molecular weight is 400 g/mol. The Bertz CT molecular complexity index is 1200. The number of nitrogens with zero attached hydrogens (tertiary/aromatic N) is 4. The fourth-order valence-electron chi connectivity index (χ4n) is 3.16. The van der Waals surface area contributed by atoms with E-state index in [0.29, 0.717) is 12.1 Å². The molecule has 0 fully saturated rings. The summed E-state index contributed by atoms with van der Waals surface area (Å²) in [6.45, 7) is 0. The lowest BCUT2D eigenvalue weighted by Crippen LogP contribution is -2.20. The van der Waals surface area contributed by atoms with Crippen molar-refractivity contribution >= 4 is 5.97 Å². The summed E-state index contributed by atoms with van der Waals surface area (Å²) in [5, 5.41) is 4.08. The predicted molar refractivity (Wildman–Crippen MR) is 111 cm³/mol. The van der Waals surface area contributed by atoms with Gasteiger partial charge >= 0.3 is 5.97 Å². The Labute approximate surface area is 173 Å². The van der Waals surface area contributed by atoms with Crippen LogP contribution in [0.25, 0.3) is 5.69 Å². The monoisotopic (exact) mass is 400 g/mol. The van der Waals surface area contributed by atoms with E-state index in [4.69, 9.17) is 4.74 Å². The third kappa shape index (κ3) is 4.35. The standard InChI is InChI=1S/C23H20N4O3/c1-26-16-20(14-25-26)27-15-19(9-10-22(27)28)23(29)30-21(18-8-5-11-24-13-18)12-17-6-3-2-4-7-17/h2-11,13-16,21H,12H2,1H3. The molecule has 3 aromatic heterocycles. The van der Waals surface area contributed by atoms with E-state index in [1.165, 1.54) is 22.9 Å². The van der Waals surface area contributed by atoms with E-state index in [1.54, 1.807) is 36.5 Å². The van der Waals surface area contributed by atoms with Crippen LogP contribution in [-0.4, -0.2) is 25.3 Å². The average Bonchev–Trinajstić information content (AvgIpc) is 3.21. The normalized spacial score (nSPS) is 11.8. The molecule has 7 nitrogen and oxygen atoms in total. The van der Waals surface area contributed by atoms with Crippen molar-refractivity contribution < 1.29 is 9.53 Å². The number of pyridine rings is 2. The SMILES string of the molecule is Cn1cc(-n2cc(C(=O)OC(Cc3ccccc3)c3cccnc3)ccc2=O)cn1. The number of aromatic nitrogens is 4. The van der Waals surface area contributed by atoms with Crippen LogP contribution in [0.2, 0.25) is 0 Å². The number of hydrogen-bond donors (Lipinski definition) is 0. The predicted octanol–water partition coefficient (Wildman–Crippen LogP) is 3.11. The van der Waals surface area contributed by atoms with Gasteiger partial charge in [-0.25, -0.2) is 4.79 Å². The molecule has 4 aromatic rings. The minimum Gasteiger partial charge on any atom is -0.453 e. The molecule has 3 heterocycles. The van der Waals surface area contributed by atoms with Gasteiger partial charge < -0.3 is 4.74 Å². The summed E-state index contributed by atoms with van der Waals surface area (Å²) >= 11 is 0. The second kappa shape index (κ2) is 8.57. The Morgan fingerprint density at radius 1 is 1.03 bits per heavy atom. The van der Waals surface area contributed by atoms with Gasteiger partial charge in [-0.2, -0.15) is 5.10 Å². The van der Waals surface area contributed by atoms with E-state index in [1.807, 2.05) is 42.5 Å². The maximum absolute atomic E-state index is 12.9. The van der Waals surface area contributed by atoms with Crippen molar-refractivity contribution in [2.24, 2.45) is 7.05 Å². The van der Waals surface area contributed by atoms with Crippen molar-refractivity contribution in [3.8, 4) is 5.69 Å². The van der Waals surface area contributed by atoms with Crippen molar-refractivity contribution in [1.82, 2.24) is 19.3 Å². The van der Waals surface area contributed by atoms with Gasteiger partial charge in [0.15, 0.2) is 0 Å². The largest absolute Gasteiger partial charge is 0.453 e. The molecule has 0 aliphatic rings. The molecule has 0 spiro atoms. The highest BCUT2D eigenvalue weighted by molar-refractivity contribution is 5.89. The maximum atomic E-state index is 12.9. The van der Waals surface area contributed by atoms with Crippen molar-refractivity contribution in [2.75, 3.05) is 0 Å². The van der Waals surface area contributed by atoms with Gasteiger partial charge in [-0.15, -0.1) is 0 Å². The Kier molecular flexibility index (Phi) is 5.52. The molecule has 0 saturated carbocycles. The highest BCUT2D eigenvalue weighted by Gasteiger charge is 2.20. The van der Waals surface area contributed by atoms with Crippen molar-refractivity contribution in [3.05, 3.63) is 113 Å². The molecular formula is C23H20N4O3. The molecule has 30 heavy (non-hydrogen) atoms. The van der Waals surface area contributed by atoms with Crippen molar-refractivity contribution in [3.63, 3.8) is 0 Å². The van der Waals surface area contributed by atoms with Gasteiger partial charge in [0.05, 0.1) is 17.4 Å². The number of carbonyl (C=O) groups excluding carboxylic acids is 1. The minimum absolute atomic E-state index is 0.257. The molecule has 0 saturated heterocycles. The fraction of sp³-hybridized carbons (Fsp3) is 0.130. The molecule has 0 N–H and O–H groups in total. The smallest absolute Gasteiger partial charge is 0.340 e. The lowest BCUT2D eigenvalue weighted by Gasteiger charge is -2.18. The topological polar surface area (TPSA) is 79.0 Å². The fourth-order valence-corrected chi connectivity index (χ4v) is 3.16. The molecule has 4 rings (SSSR count). The Morgan fingerprint density at radius 2 is 1.87 bits per heavy atom. The van der Waals surface area contributed by atoms with Crippen LogP contribution in [0.3, 0.4) is 0 Å². The number of carbonyl (C=O) groups is 1. The van der Waals surface area contributed by atoms with Crippen molar-refractivity contribution in [2.45, 2.75) is 12.5 Å². The van der Waals surface area contributed by atoms with Gasteiger partial charge in [-0.1, -0.05) is 36.4 Å². The molecular weight excluding hydrogens is 380 g/mol. The van der Waals surface area contributed by atoms with Gasteiger partial charge in [0.1, 0.15) is 6.10 Å². The number of rotatable bonds is 6. The van der Waals surface area contributed by atoms with Crippen LogP contribution in [-0.2, 0) is 18.2 Å². The zero-order chi connectivity index (χ0) is 20.9. The van der Waals surface area contributed by atoms with Crippen LogP contribution in [0.4, 0.5) is 0 Å². The van der Waals surface area contributed by atoms with E-state index < -0.39 is 12.1 Å². The zero-order valence-corrected chi connectivity index (χ0v) is 16.4. The van der Waals surface area contributed by atoms with E-state index in [2.05, 4.69) is 10.1 Å². The second-order valence-corrected chi connectivity index (χ2v) is 6.87. The number of ether oxygens (including phenoxy) is 1. The summed E-state index contributed by atoms with van der Waals surface area (Å²) < 4.78 is 8.81. The third-order valence-electron chi connectivity index (χ3n) is 4.69. The van der Waals surface area contributed by atoms with Crippen LogP contribution in [0.1, 0.15) is 27.6 Å². The van der Waals surface area contributed by atoms with E-state index in [-0.39, 0.29) is 11.1 Å². The molecule has 0 amide bonds. The molecule has 1 aromatic carbocycles. The van der Waals surface area contributed by atoms with Crippen LogP contribution in [0.15, 0.2) is 90.4 Å². The second-order valence-electron chi connectivity index (χ2n) is 6.87. The lowest BCUT2D eigenvalue weighted by molar-refractivity contribution is 0.0296. The molecule has 150 valence electrons. The number of aryl methyl sites for hydroxylation is 1. The Balaban J connectivity index is 1.62. The first kappa shape index (κ1) is 19.3. The molecule has 7 heteroatoms. The lowest BCUT2D eigenvalue weighted by atomic mass is 10.0. The summed E-state index contributed by atoms with van der Waals surface area (Å²) in [5.74, 6) is -0.516. The number of hydrogen-bond acceptors (Lipinski definition) is 5. The van der Waals surface area contributed by atoms with Gasteiger partial charge in [-0.3, -0.25) is 19.0 Å².